The first kappa shape index (κ1) is 15.9. The van der Waals surface area contributed by atoms with Crippen LogP contribution in [0.5, 0.6) is 0 Å². The number of benzene rings is 1. The van der Waals surface area contributed by atoms with Crippen molar-refractivity contribution in [1.29, 1.82) is 0 Å². The van der Waals surface area contributed by atoms with Gasteiger partial charge < -0.3 is 9.47 Å². The van der Waals surface area contributed by atoms with Crippen molar-refractivity contribution in [2.24, 2.45) is 18.4 Å². The van der Waals surface area contributed by atoms with Crippen molar-refractivity contribution in [1.82, 2.24) is 14.4 Å². The fraction of sp³-hybridized carbons (Fsp3) is 0.636. The summed E-state index contributed by atoms with van der Waals surface area (Å²) < 4.78 is 2.29. The Hall–Kier alpha value is -1.32. The lowest BCUT2D eigenvalue weighted by Gasteiger charge is -2.40. The number of hydrogen-bond acceptors (Lipinski definition) is 2. The quantitative estimate of drug-likeness (QED) is 0.839. The number of aryl methyl sites for hydroxylation is 1. The minimum absolute atomic E-state index is 0.581. The second-order valence-electron chi connectivity index (χ2n) is 9.03. The molecule has 3 fully saturated rings. The van der Waals surface area contributed by atoms with Gasteiger partial charge in [0, 0.05) is 50.3 Å². The Bertz CT molecular complexity index is 760. The highest BCUT2D eigenvalue weighted by Gasteiger charge is 2.42. The lowest BCUT2D eigenvalue weighted by Crippen LogP contribution is -2.45. The number of hydrogen-bond donors (Lipinski definition) is 0. The van der Waals surface area contributed by atoms with Gasteiger partial charge in [0.25, 0.3) is 0 Å². The number of likely N-dealkylation sites (tertiary alicyclic amines) is 2. The lowest BCUT2D eigenvalue weighted by molar-refractivity contribution is 0.0885. The zero-order valence-corrected chi connectivity index (χ0v) is 15.6. The van der Waals surface area contributed by atoms with Crippen LogP contribution in [0.4, 0.5) is 0 Å². The summed E-state index contributed by atoms with van der Waals surface area (Å²) in [5.41, 5.74) is 3.44. The normalized spacial score (nSPS) is 28.4. The van der Waals surface area contributed by atoms with Crippen LogP contribution in [0.2, 0.25) is 0 Å². The van der Waals surface area contributed by atoms with Crippen LogP contribution in [0.15, 0.2) is 30.5 Å². The van der Waals surface area contributed by atoms with Crippen LogP contribution in [0.1, 0.15) is 37.7 Å². The third-order valence-corrected chi connectivity index (χ3v) is 6.84. The van der Waals surface area contributed by atoms with Crippen molar-refractivity contribution < 1.29 is 0 Å². The lowest BCUT2D eigenvalue weighted by atomic mass is 9.79. The summed E-state index contributed by atoms with van der Waals surface area (Å²) in [4.78, 5) is 5.52. The van der Waals surface area contributed by atoms with Crippen LogP contribution in [0.25, 0.3) is 10.9 Å². The number of aromatic nitrogens is 1. The Morgan fingerprint density at radius 2 is 1.88 bits per heavy atom. The van der Waals surface area contributed by atoms with Crippen LogP contribution in [0.3, 0.4) is 0 Å². The summed E-state index contributed by atoms with van der Waals surface area (Å²) in [7, 11) is 2.17. The summed E-state index contributed by atoms with van der Waals surface area (Å²) in [5.74, 6) is 1.03. The molecular weight excluding hydrogens is 306 g/mol. The number of para-hydroxylation sites is 1. The third kappa shape index (κ3) is 3.13. The first-order valence-electron chi connectivity index (χ1n) is 10.2. The van der Waals surface area contributed by atoms with Crippen molar-refractivity contribution in [2.45, 2.75) is 38.6 Å². The molecule has 1 aliphatic carbocycles. The van der Waals surface area contributed by atoms with Crippen LogP contribution in [0, 0.1) is 11.3 Å². The maximum atomic E-state index is 2.79. The first-order valence-corrected chi connectivity index (χ1v) is 10.2. The second-order valence-corrected chi connectivity index (χ2v) is 9.03. The zero-order valence-electron chi connectivity index (χ0n) is 15.6. The Labute approximate surface area is 151 Å². The summed E-state index contributed by atoms with van der Waals surface area (Å²) >= 11 is 0. The largest absolute Gasteiger partial charge is 0.350 e. The molecule has 2 aromatic rings. The van der Waals surface area contributed by atoms with Gasteiger partial charge in [0.2, 0.25) is 0 Å². The molecule has 2 aliphatic heterocycles. The molecule has 1 atom stereocenters. The first-order chi connectivity index (χ1) is 12.2. The van der Waals surface area contributed by atoms with Crippen LogP contribution in [-0.2, 0) is 13.6 Å². The van der Waals surface area contributed by atoms with E-state index in [2.05, 4.69) is 51.9 Å². The van der Waals surface area contributed by atoms with E-state index in [-0.39, 0.29) is 0 Å². The minimum Gasteiger partial charge on any atom is -0.350 e. The van der Waals surface area contributed by atoms with Crippen molar-refractivity contribution in [3.63, 3.8) is 0 Å². The highest BCUT2D eigenvalue weighted by molar-refractivity contribution is 5.83. The molecule has 3 heterocycles. The SMILES string of the molecule is Cn1cc(CN2CC[C@@]3(CCCN(CC4CC4)C3)C2)c2ccccc21. The van der Waals surface area contributed by atoms with Crippen molar-refractivity contribution >= 4 is 10.9 Å². The van der Waals surface area contributed by atoms with Gasteiger partial charge in [-0.25, -0.2) is 0 Å². The standard InChI is InChI=1S/C22H31N3/c1-23-14-19(20-5-2-3-6-21(20)23)15-25-12-10-22(17-25)9-4-11-24(16-22)13-18-7-8-18/h2-3,5-6,14,18H,4,7-13,15-17H2,1H3/t22-/m1/s1. The number of rotatable bonds is 4. The van der Waals surface area contributed by atoms with Crippen LogP contribution >= 0.6 is 0 Å². The summed E-state index contributed by atoms with van der Waals surface area (Å²) in [6.45, 7) is 7.78. The Morgan fingerprint density at radius 1 is 1.04 bits per heavy atom. The smallest absolute Gasteiger partial charge is 0.0481 e. The monoisotopic (exact) mass is 337 g/mol. The van der Waals surface area contributed by atoms with Gasteiger partial charge in [0.15, 0.2) is 0 Å². The van der Waals surface area contributed by atoms with E-state index in [1.54, 1.807) is 0 Å². The molecule has 0 N–H and O–H groups in total. The van der Waals surface area contributed by atoms with Gasteiger partial charge in [-0.15, -0.1) is 0 Å². The molecule has 1 aromatic carbocycles. The van der Waals surface area contributed by atoms with Crippen molar-refractivity contribution in [3.8, 4) is 0 Å². The average molecular weight is 338 g/mol. The van der Waals surface area contributed by atoms with E-state index in [1.807, 2.05) is 0 Å². The fourth-order valence-electron chi connectivity index (χ4n) is 5.42. The molecule has 5 rings (SSSR count). The van der Waals surface area contributed by atoms with Gasteiger partial charge in [-0.3, -0.25) is 4.90 Å². The van der Waals surface area contributed by atoms with Gasteiger partial charge in [-0.2, -0.15) is 0 Å². The second kappa shape index (κ2) is 6.14. The van der Waals surface area contributed by atoms with Crippen LogP contribution in [-0.4, -0.2) is 47.1 Å². The predicted molar refractivity (Wildman–Crippen MR) is 104 cm³/mol. The van der Waals surface area contributed by atoms with Crippen molar-refractivity contribution in [2.75, 3.05) is 32.7 Å². The number of fused-ring (bicyclic) bond motifs is 1. The van der Waals surface area contributed by atoms with E-state index in [9.17, 15) is 0 Å². The van der Waals surface area contributed by atoms with E-state index in [0.29, 0.717) is 5.41 Å². The molecule has 2 saturated heterocycles. The number of nitrogens with zero attached hydrogens (tertiary/aromatic N) is 3. The Morgan fingerprint density at radius 3 is 2.76 bits per heavy atom. The highest BCUT2D eigenvalue weighted by atomic mass is 15.2. The third-order valence-electron chi connectivity index (χ3n) is 6.84. The molecule has 0 unspecified atom stereocenters. The molecule has 0 bridgehead atoms. The predicted octanol–water partition coefficient (Wildman–Crippen LogP) is 3.88. The van der Waals surface area contributed by atoms with E-state index in [1.165, 1.54) is 81.3 Å². The molecule has 3 nitrogen and oxygen atoms in total. The van der Waals surface area contributed by atoms with E-state index in [0.717, 1.165) is 12.5 Å². The van der Waals surface area contributed by atoms with Gasteiger partial charge in [-0.05, 0) is 68.2 Å². The van der Waals surface area contributed by atoms with E-state index >= 15 is 0 Å². The van der Waals surface area contributed by atoms with Gasteiger partial charge in [0.05, 0.1) is 0 Å². The summed E-state index contributed by atoms with van der Waals surface area (Å²) in [6, 6.07) is 8.84. The molecule has 3 aliphatic rings. The van der Waals surface area contributed by atoms with Gasteiger partial charge in [-0.1, -0.05) is 18.2 Å². The van der Waals surface area contributed by atoms with Gasteiger partial charge >= 0.3 is 0 Å². The Kier molecular flexibility index (Phi) is 3.90. The molecule has 25 heavy (non-hydrogen) atoms. The number of piperidine rings is 1. The zero-order chi connectivity index (χ0) is 16.9. The highest BCUT2D eigenvalue weighted by Crippen LogP contribution is 2.41. The molecule has 0 amide bonds. The maximum absolute atomic E-state index is 2.79. The Balaban J connectivity index is 1.28. The fourth-order valence-corrected chi connectivity index (χ4v) is 5.42. The van der Waals surface area contributed by atoms with E-state index in [4.69, 9.17) is 0 Å². The molecule has 1 saturated carbocycles. The molecule has 3 heteroatoms. The van der Waals surface area contributed by atoms with Crippen LogP contribution < -0.4 is 0 Å². The summed E-state index contributed by atoms with van der Waals surface area (Å²) in [6.07, 6.45) is 9.57. The molecule has 0 radical (unpaired) electrons. The van der Waals surface area contributed by atoms with Crippen molar-refractivity contribution in [3.05, 3.63) is 36.0 Å². The average Bonchev–Trinajstić information content (AvgIpc) is 3.27. The maximum Gasteiger partial charge on any atom is 0.0481 e. The molecular formula is C22H31N3. The molecule has 1 aromatic heterocycles. The topological polar surface area (TPSA) is 11.4 Å². The summed E-state index contributed by atoms with van der Waals surface area (Å²) in [5, 5.41) is 1.44. The molecule has 134 valence electrons. The molecule has 1 spiro atoms. The van der Waals surface area contributed by atoms with E-state index < -0.39 is 0 Å². The minimum atomic E-state index is 0.581. The van der Waals surface area contributed by atoms with Gasteiger partial charge in [0.1, 0.15) is 0 Å².